The Kier molecular flexibility index (Phi) is 6.78. The number of hydrogen-bond acceptors (Lipinski definition) is 3. The first kappa shape index (κ1) is 29.0. The predicted octanol–water partition coefficient (Wildman–Crippen LogP) is 11.9. The molecule has 10 rings (SSSR count). The highest BCUT2D eigenvalue weighted by Crippen LogP contribution is 2.42. The van der Waals surface area contributed by atoms with Crippen LogP contribution in [0.15, 0.2) is 182 Å². The topological polar surface area (TPSA) is 43.6 Å². The van der Waals surface area contributed by atoms with Crippen LogP contribution in [0, 0.1) is 0 Å². The van der Waals surface area contributed by atoms with Gasteiger partial charge in [0.2, 0.25) is 0 Å². The van der Waals surface area contributed by atoms with Crippen LogP contribution < -0.4 is 0 Å². The Bertz CT molecular complexity index is 2890. The minimum absolute atomic E-state index is 0.925. The molecule has 0 aliphatic heterocycles. The van der Waals surface area contributed by atoms with Gasteiger partial charge in [0.25, 0.3) is 0 Å². The molecular weight excluding hydrogens is 621 g/mol. The molecule has 0 bridgehead atoms. The number of pyridine rings is 2. The Labute approximate surface area is 294 Å². The average molecular weight is 651 g/mol. The fourth-order valence-corrected chi connectivity index (χ4v) is 7.35. The number of para-hydroxylation sites is 1. The summed E-state index contributed by atoms with van der Waals surface area (Å²) in [6.07, 6.45) is 1.83. The van der Waals surface area contributed by atoms with Gasteiger partial charge < -0.3 is 0 Å². The number of fused-ring (bicyclic) bond motifs is 6. The van der Waals surface area contributed by atoms with Crippen molar-refractivity contribution in [3.8, 4) is 50.5 Å². The molecule has 0 aliphatic rings. The fraction of sp³-hybridized carbons (Fsp3) is 0. The van der Waals surface area contributed by atoms with Crippen molar-refractivity contribution in [3.05, 3.63) is 182 Å². The summed E-state index contributed by atoms with van der Waals surface area (Å²) < 4.78 is 2.12. The third-order valence-electron chi connectivity index (χ3n) is 9.84. The molecular formula is C47H30N4. The van der Waals surface area contributed by atoms with Crippen LogP contribution in [0.2, 0.25) is 0 Å². The molecule has 0 aliphatic carbocycles. The monoisotopic (exact) mass is 650 g/mol. The smallest absolute Gasteiger partial charge is 0.101 e. The van der Waals surface area contributed by atoms with E-state index in [9.17, 15) is 0 Å². The van der Waals surface area contributed by atoms with E-state index >= 15 is 0 Å². The van der Waals surface area contributed by atoms with E-state index in [4.69, 9.17) is 10.1 Å². The molecule has 0 radical (unpaired) electrons. The summed E-state index contributed by atoms with van der Waals surface area (Å²) >= 11 is 0. The standard InChI is InChI=1S/C47H30N4/c1-3-11-33(12-4-1)44-43-41(30-38-13-7-8-19-40(38)47(43)51(50-44)39-17-5-2-6-18-39)37-15-9-14-36(29-37)31-20-22-32(23-21-31)42-27-26-35-25-24-34-16-10-28-48-45(34)46(35)49-42/h1-30H. The Morgan fingerprint density at radius 1 is 0.431 bits per heavy atom. The molecule has 0 spiro atoms. The molecule has 4 nitrogen and oxygen atoms in total. The van der Waals surface area contributed by atoms with Gasteiger partial charge in [-0.1, -0.05) is 140 Å². The lowest BCUT2D eigenvalue weighted by Crippen LogP contribution is -1.96. The van der Waals surface area contributed by atoms with Crippen LogP contribution in [-0.4, -0.2) is 19.7 Å². The highest BCUT2D eigenvalue weighted by molar-refractivity contribution is 6.17. The third-order valence-corrected chi connectivity index (χ3v) is 9.84. The van der Waals surface area contributed by atoms with Crippen molar-refractivity contribution in [1.82, 2.24) is 19.7 Å². The molecule has 3 heterocycles. The van der Waals surface area contributed by atoms with Gasteiger partial charge in [0.15, 0.2) is 0 Å². The molecule has 51 heavy (non-hydrogen) atoms. The number of aromatic nitrogens is 4. The molecule has 0 saturated heterocycles. The van der Waals surface area contributed by atoms with Gasteiger partial charge in [-0.3, -0.25) is 4.98 Å². The van der Waals surface area contributed by atoms with Crippen LogP contribution in [0.4, 0.5) is 0 Å². The quantitative estimate of drug-likeness (QED) is 0.174. The maximum atomic E-state index is 5.33. The first-order chi connectivity index (χ1) is 25.3. The van der Waals surface area contributed by atoms with E-state index in [0.29, 0.717) is 0 Å². The molecule has 7 aromatic carbocycles. The molecule has 0 unspecified atom stereocenters. The zero-order valence-corrected chi connectivity index (χ0v) is 27.6. The van der Waals surface area contributed by atoms with E-state index in [-0.39, 0.29) is 0 Å². The molecule has 0 fully saturated rings. The normalized spacial score (nSPS) is 11.5. The van der Waals surface area contributed by atoms with Gasteiger partial charge in [0.05, 0.1) is 27.9 Å². The van der Waals surface area contributed by atoms with Crippen molar-refractivity contribution in [3.63, 3.8) is 0 Å². The highest BCUT2D eigenvalue weighted by Gasteiger charge is 2.21. The first-order valence-electron chi connectivity index (χ1n) is 17.2. The lowest BCUT2D eigenvalue weighted by Gasteiger charge is -2.12. The first-order valence-corrected chi connectivity index (χ1v) is 17.2. The van der Waals surface area contributed by atoms with Crippen LogP contribution in [0.5, 0.6) is 0 Å². The molecule has 0 N–H and O–H groups in total. The second kappa shape index (κ2) is 11.9. The van der Waals surface area contributed by atoms with E-state index < -0.39 is 0 Å². The van der Waals surface area contributed by atoms with Crippen molar-refractivity contribution in [1.29, 1.82) is 0 Å². The van der Waals surface area contributed by atoms with E-state index in [1.165, 1.54) is 10.8 Å². The Balaban J connectivity index is 1.11. The molecule has 10 aromatic rings. The largest absolute Gasteiger partial charge is 0.254 e. The van der Waals surface area contributed by atoms with E-state index in [1.807, 2.05) is 18.3 Å². The Morgan fingerprint density at radius 3 is 1.94 bits per heavy atom. The maximum Gasteiger partial charge on any atom is 0.101 e. The van der Waals surface area contributed by atoms with Crippen molar-refractivity contribution in [2.45, 2.75) is 0 Å². The van der Waals surface area contributed by atoms with Gasteiger partial charge in [-0.2, -0.15) is 5.10 Å². The molecule has 0 atom stereocenters. The zero-order chi connectivity index (χ0) is 33.7. The number of nitrogens with zero attached hydrogens (tertiary/aromatic N) is 4. The summed E-state index contributed by atoms with van der Waals surface area (Å²) in [5, 5.41) is 11.0. The summed E-state index contributed by atoms with van der Waals surface area (Å²) in [5.74, 6) is 0. The summed E-state index contributed by atoms with van der Waals surface area (Å²) in [6, 6.07) is 62.0. The maximum absolute atomic E-state index is 5.33. The second-order valence-electron chi connectivity index (χ2n) is 12.9. The van der Waals surface area contributed by atoms with E-state index in [0.717, 1.165) is 83.2 Å². The summed E-state index contributed by atoms with van der Waals surface area (Å²) in [4.78, 5) is 9.71. The molecule has 0 amide bonds. The van der Waals surface area contributed by atoms with Crippen LogP contribution >= 0.6 is 0 Å². The number of rotatable bonds is 5. The number of benzene rings is 7. The molecule has 238 valence electrons. The van der Waals surface area contributed by atoms with Gasteiger partial charge in [-0.15, -0.1) is 0 Å². The van der Waals surface area contributed by atoms with Crippen molar-refractivity contribution in [2.75, 3.05) is 0 Å². The third kappa shape index (κ3) is 4.96. The minimum atomic E-state index is 0.925. The van der Waals surface area contributed by atoms with Gasteiger partial charge in [-0.05, 0) is 64.0 Å². The average Bonchev–Trinajstić information content (AvgIpc) is 3.62. The number of hydrogen-bond donors (Lipinski definition) is 0. The zero-order valence-electron chi connectivity index (χ0n) is 27.6. The summed E-state index contributed by atoms with van der Waals surface area (Å²) in [6.45, 7) is 0. The minimum Gasteiger partial charge on any atom is -0.254 e. The van der Waals surface area contributed by atoms with Gasteiger partial charge in [0.1, 0.15) is 5.69 Å². The van der Waals surface area contributed by atoms with Gasteiger partial charge in [0, 0.05) is 38.9 Å². The Hall–Kier alpha value is -6.91. The van der Waals surface area contributed by atoms with Crippen molar-refractivity contribution in [2.24, 2.45) is 0 Å². The van der Waals surface area contributed by atoms with Crippen LogP contribution in [0.25, 0.3) is 93.9 Å². The second-order valence-corrected chi connectivity index (χ2v) is 12.9. The Morgan fingerprint density at radius 2 is 1.10 bits per heavy atom. The van der Waals surface area contributed by atoms with E-state index in [2.05, 4.69) is 173 Å². The van der Waals surface area contributed by atoms with Crippen LogP contribution in [0.1, 0.15) is 0 Å². The molecule has 4 heteroatoms. The molecule has 3 aromatic heterocycles. The van der Waals surface area contributed by atoms with Crippen molar-refractivity contribution >= 4 is 43.5 Å². The van der Waals surface area contributed by atoms with Crippen molar-refractivity contribution < 1.29 is 0 Å². The van der Waals surface area contributed by atoms with E-state index in [1.54, 1.807) is 0 Å². The molecule has 0 saturated carbocycles. The fourth-order valence-electron chi connectivity index (χ4n) is 7.35. The van der Waals surface area contributed by atoms with Crippen LogP contribution in [0.3, 0.4) is 0 Å². The summed E-state index contributed by atoms with van der Waals surface area (Å²) in [5.41, 5.74) is 12.7. The van der Waals surface area contributed by atoms with Gasteiger partial charge in [-0.25, -0.2) is 9.67 Å². The SMILES string of the molecule is c1ccc(-c2nn(-c3ccccc3)c3c2c(-c2cccc(-c4ccc(-c5ccc6ccc7cccnc7c6n5)cc4)c2)cc2ccccc23)cc1. The summed E-state index contributed by atoms with van der Waals surface area (Å²) in [7, 11) is 0. The highest BCUT2D eigenvalue weighted by atomic mass is 15.3. The lowest BCUT2D eigenvalue weighted by molar-refractivity contribution is 0.918. The van der Waals surface area contributed by atoms with Crippen LogP contribution in [-0.2, 0) is 0 Å². The predicted molar refractivity (Wildman–Crippen MR) is 211 cm³/mol. The van der Waals surface area contributed by atoms with Gasteiger partial charge >= 0.3 is 0 Å². The lowest BCUT2D eigenvalue weighted by atomic mass is 9.92.